The summed E-state index contributed by atoms with van der Waals surface area (Å²) in [5.41, 5.74) is 9.86. The topological polar surface area (TPSA) is 38.9 Å². The zero-order valence-electron chi connectivity index (χ0n) is 10.9. The summed E-state index contributed by atoms with van der Waals surface area (Å²) in [5.74, 6) is 0. The van der Waals surface area contributed by atoms with Crippen LogP contribution in [0.25, 0.3) is 22.0 Å². The van der Waals surface area contributed by atoms with Gasteiger partial charge in [0.1, 0.15) is 0 Å². The molecule has 0 aliphatic heterocycles. The van der Waals surface area contributed by atoms with E-state index in [4.69, 9.17) is 17.3 Å². The first-order chi connectivity index (χ1) is 9.70. The third-order valence-electron chi connectivity index (χ3n) is 3.24. The molecule has 0 unspecified atom stereocenters. The number of hydrogen-bond acceptors (Lipinski definition) is 3. The SMILES string of the molecule is CSc1ccccc1-c1c(N)cnc2ccc(Cl)cc12. The van der Waals surface area contributed by atoms with Gasteiger partial charge >= 0.3 is 0 Å². The average molecular weight is 301 g/mol. The van der Waals surface area contributed by atoms with Crippen molar-refractivity contribution in [1.82, 2.24) is 4.98 Å². The lowest BCUT2D eigenvalue weighted by molar-refractivity contribution is 1.39. The highest BCUT2D eigenvalue weighted by molar-refractivity contribution is 7.98. The molecule has 1 heterocycles. The van der Waals surface area contributed by atoms with Crippen molar-refractivity contribution in [3.05, 3.63) is 53.7 Å². The van der Waals surface area contributed by atoms with E-state index < -0.39 is 0 Å². The number of fused-ring (bicyclic) bond motifs is 1. The van der Waals surface area contributed by atoms with Gasteiger partial charge in [-0.15, -0.1) is 11.8 Å². The molecule has 2 nitrogen and oxygen atoms in total. The van der Waals surface area contributed by atoms with Crippen molar-refractivity contribution in [3.63, 3.8) is 0 Å². The summed E-state index contributed by atoms with van der Waals surface area (Å²) >= 11 is 7.83. The van der Waals surface area contributed by atoms with Crippen molar-refractivity contribution in [3.8, 4) is 11.1 Å². The monoisotopic (exact) mass is 300 g/mol. The van der Waals surface area contributed by atoms with Crippen LogP contribution in [0.2, 0.25) is 5.02 Å². The van der Waals surface area contributed by atoms with Crippen LogP contribution in [-0.4, -0.2) is 11.2 Å². The third kappa shape index (κ3) is 2.23. The number of pyridine rings is 1. The molecule has 3 rings (SSSR count). The van der Waals surface area contributed by atoms with Gasteiger partial charge in [-0.3, -0.25) is 4.98 Å². The maximum Gasteiger partial charge on any atom is 0.0710 e. The van der Waals surface area contributed by atoms with Crippen molar-refractivity contribution < 1.29 is 0 Å². The molecule has 0 aliphatic carbocycles. The van der Waals surface area contributed by atoms with Crippen molar-refractivity contribution in [2.75, 3.05) is 12.0 Å². The second-order valence-corrected chi connectivity index (χ2v) is 5.73. The highest BCUT2D eigenvalue weighted by Gasteiger charge is 2.12. The van der Waals surface area contributed by atoms with E-state index in [1.165, 1.54) is 4.90 Å². The molecule has 0 saturated carbocycles. The van der Waals surface area contributed by atoms with E-state index >= 15 is 0 Å². The van der Waals surface area contributed by atoms with E-state index in [0.29, 0.717) is 10.7 Å². The van der Waals surface area contributed by atoms with E-state index in [1.54, 1.807) is 18.0 Å². The van der Waals surface area contributed by atoms with E-state index in [0.717, 1.165) is 22.0 Å². The highest BCUT2D eigenvalue weighted by atomic mass is 35.5. The first-order valence-corrected chi connectivity index (χ1v) is 7.78. The lowest BCUT2D eigenvalue weighted by atomic mass is 10.00. The summed E-state index contributed by atoms with van der Waals surface area (Å²) in [6.07, 6.45) is 3.77. The fourth-order valence-electron chi connectivity index (χ4n) is 2.33. The minimum Gasteiger partial charge on any atom is -0.397 e. The first-order valence-electron chi connectivity index (χ1n) is 6.18. The molecule has 0 bridgehead atoms. The highest BCUT2D eigenvalue weighted by Crippen LogP contribution is 2.38. The minimum atomic E-state index is 0.668. The summed E-state index contributed by atoms with van der Waals surface area (Å²) in [6, 6.07) is 13.9. The van der Waals surface area contributed by atoms with Gasteiger partial charge in [-0.05, 0) is 36.1 Å². The Balaban J connectivity index is 2.40. The fourth-order valence-corrected chi connectivity index (χ4v) is 3.11. The molecule has 20 heavy (non-hydrogen) atoms. The summed E-state index contributed by atoms with van der Waals surface area (Å²) < 4.78 is 0. The number of nitrogen functional groups attached to an aromatic ring is 1. The van der Waals surface area contributed by atoms with Crippen LogP contribution in [0.15, 0.2) is 53.6 Å². The van der Waals surface area contributed by atoms with Crippen LogP contribution in [0, 0.1) is 0 Å². The first kappa shape index (κ1) is 13.3. The summed E-state index contributed by atoms with van der Waals surface area (Å²) in [5, 5.41) is 1.67. The van der Waals surface area contributed by atoms with Crippen molar-refractivity contribution in [2.45, 2.75) is 4.90 Å². The predicted octanol–water partition coefficient (Wildman–Crippen LogP) is 4.86. The van der Waals surface area contributed by atoms with Gasteiger partial charge in [-0.2, -0.15) is 0 Å². The summed E-state index contributed by atoms with van der Waals surface area (Å²) in [4.78, 5) is 5.56. The Morgan fingerprint density at radius 2 is 1.95 bits per heavy atom. The van der Waals surface area contributed by atoms with Crippen LogP contribution in [0.3, 0.4) is 0 Å². The Hall–Kier alpha value is -1.71. The molecule has 0 atom stereocenters. The Morgan fingerprint density at radius 1 is 1.15 bits per heavy atom. The van der Waals surface area contributed by atoms with Gasteiger partial charge in [0.2, 0.25) is 0 Å². The molecule has 2 aromatic carbocycles. The fraction of sp³-hybridized carbons (Fsp3) is 0.0625. The largest absolute Gasteiger partial charge is 0.397 e. The molecule has 0 amide bonds. The van der Waals surface area contributed by atoms with Gasteiger partial charge in [-0.25, -0.2) is 0 Å². The van der Waals surface area contributed by atoms with Crippen LogP contribution in [-0.2, 0) is 0 Å². The summed E-state index contributed by atoms with van der Waals surface area (Å²) in [6.45, 7) is 0. The number of nitrogens with zero attached hydrogens (tertiary/aromatic N) is 1. The predicted molar refractivity (Wildman–Crippen MR) is 88.4 cm³/mol. The standard InChI is InChI=1S/C16H13ClN2S/c1-20-15-5-3-2-4-11(15)16-12-8-10(17)6-7-14(12)19-9-13(16)18/h2-9H,18H2,1H3. The van der Waals surface area contributed by atoms with Crippen LogP contribution in [0.5, 0.6) is 0 Å². The lowest BCUT2D eigenvalue weighted by Gasteiger charge is -2.13. The van der Waals surface area contributed by atoms with Gasteiger partial charge < -0.3 is 5.73 Å². The quantitative estimate of drug-likeness (QED) is 0.687. The second-order valence-electron chi connectivity index (χ2n) is 4.45. The van der Waals surface area contributed by atoms with Crippen molar-refractivity contribution >= 4 is 40.0 Å². The van der Waals surface area contributed by atoms with E-state index in [2.05, 4.69) is 23.4 Å². The molecule has 4 heteroatoms. The van der Waals surface area contributed by atoms with Crippen LogP contribution < -0.4 is 5.73 Å². The zero-order chi connectivity index (χ0) is 14.1. The minimum absolute atomic E-state index is 0.668. The Labute approximate surface area is 127 Å². The number of anilines is 1. The average Bonchev–Trinajstić information content (AvgIpc) is 2.47. The van der Waals surface area contributed by atoms with Gasteiger partial charge in [-0.1, -0.05) is 29.8 Å². The molecular weight excluding hydrogens is 288 g/mol. The lowest BCUT2D eigenvalue weighted by Crippen LogP contribution is -1.95. The van der Waals surface area contributed by atoms with Gasteiger partial charge in [0.25, 0.3) is 0 Å². The molecule has 0 spiro atoms. The van der Waals surface area contributed by atoms with E-state index in [1.807, 2.05) is 30.3 Å². The summed E-state index contributed by atoms with van der Waals surface area (Å²) in [7, 11) is 0. The number of rotatable bonds is 2. The number of nitrogens with two attached hydrogens (primary N) is 1. The molecule has 3 aromatic rings. The maximum absolute atomic E-state index is 6.18. The number of aromatic nitrogens is 1. The van der Waals surface area contributed by atoms with Crippen LogP contribution >= 0.6 is 23.4 Å². The van der Waals surface area contributed by atoms with E-state index in [9.17, 15) is 0 Å². The number of halogens is 1. The zero-order valence-corrected chi connectivity index (χ0v) is 12.5. The molecule has 100 valence electrons. The number of hydrogen-bond donors (Lipinski definition) is 1. The molecular formula is C16H13ClN2S. The smallest absolute Gasteiger partial charge is 0.0710 e. The van der Waals surface area contributed by atoms with Gasteiger partial charge in [0.05, 0.1) is 17.4 Å². The Morgan fingerprint density at radius 3 is 2.75 bits per heavy atom. The van der Waals surface area contributed by atoms with Crippen molar-refractivity contribution in [2.24, 2.45) is 0 Å². The second kappa shape index (κ2) is 5.35. The van der Waals surface area contributed by atoms with Gasteiger partial charge in [0, 0.05) is 20.9 Å². The van der Waals surface area contributed by atoms with Gasteiger partial charge in [0.15, 0.2) is 0 Å². The number of benzene rings is 2. The third-order valence-corrected chi connectivity index (χ3v) is 4.27. The van der Waals surface area contributed by atoms with Crippen LogP contribution in [0.4, 0.5) is 5.69 Å². The molecule has 0 saturated heterocycles. The Kier molecular flexibility index (Phi) is 3.55. The number of thioether (sulfide) groups is 1. The van der Waals surface area contributed by atoms with Crippen LogP contribution in [0.1, 0.15) is 0 Å². The molecule has 0 fully saturated rings. The molecule has 0 aliphatic rings. The van der Waals surface area contributed by atoms with Crippen molar-refractivity contribution in [1.29, 1.82) is 0 Å². The normalized spacial score (nSPS) is 10.9. The molecule has 0 radical (unpaired) electrons. The molecule has 2 N–H and O–H groups in total. The van der Waals surface area contributed by atoms with E-state index in [-0.39, 0.29) is 0 Å². The maximum atomic E-state index is 6.18. The molecule has 1 aromatic heterocycles. The Bertz CT molecular complexity index is 781.